The summed E-state index contributed by atoms with van der Waals surface area (Å²) in [5.41, 5.74) is 2.92. The Balaban J connectivity index is 2.15. The van der Waals surface area contributed by atoms with Crippen LogP contribution in [-0.4, -0.2) is 23.3 Å². The van der Waals surface area contributed by atoms with Crippen molar-refractivity contribution in [3.8, 4) is 0 Å². The fourth-order valence-electron chi connectivity index (χ4n) is 2.53. The van der Waals surface area contributed by atoms with E-state index in [1.807, 2.05) is 24.3 Å². The average Bonchev–Trinajstić information content (AvgIpc) is 2.37. The number of allylic oxidation sites excluding steroid dienone is 1. The van der Waals surface area contributed by atoms with Crippen LogP contribution in [0.1, 0.15) is 24.5 Å². The first-order valence-corrected chi connectivity index (χ1v) is 5.97. The predicted octanol–water partition coefficient (Wildman–Crippen LogP) is 1.71. The molecule has 0 atom stereocenters. The maximum Gasteiger partial charge on any atom is 0.331 e. The van der Waals surface area contributed by atoms with Crippen LogP contribution in [0.2, 0.25) is 0 Å². The number of carbonyl (C=O) groups is 2. The summed E-state index contributed by atoms with van der Waals surface area (Å²) in [6, 6.07) is 7.84. The standard InChI is InChI=1S/C14H13NO3/c1-9(16)15-8-13(17)18-14-11-5-3-2-4-10(11)6-7-12(14)15/h2-5H,6-8H2,1H3. The summed E-state index contributed by atoms with van der Waals surface area (Å²) >= 11 is 0. The molecule has 1 heterocycles. The van der Waals surface area contributed by atoms with Crippen LogP contribution in [0.15, 0.2) is 30.0 Å². The molecule has 0 bridgehead atoms. The molecule has 0 saturated heterocycles. The van der Waals surface area contributed by atoms with Crippen LogP contribution in [0, 0.1) is 0 Å². The van der Waals surface area contributed by atoms with Crippen molar-refractivity contribution in [1.82, 2.24) is 4.90 Å². The summed E-state index contributed by atoms with van der Waals surface area (Å²) < 4.78 is 5.34. The molecule has 1 amide bonds. The van der Waals surface area contributed by atoms with Gasteiger partial charge in [0, 0.05) is 12.5 Å². The molecule has 1 aliphatic carbocycles. The van der Waals surface area contributed by atoms with Crippen molar-refractivity contribution in [1.29, 1.82) is 0 Å². The van der Waals surface area contributed by atoms with Gasteiger partial charge in [0.15, 0.2) is 5.76 Å². The number of esters is 1. The summed E-state index contributed by atoms with van der Waals surface area (Å²) in [7, 11) is 0. The molecule has 0 unspecified atom stereocenters. The first-order valence-electron chi connectivity index (χ1n) is 5.97. The molecule has 0 fully saturated rings. The summed E-state index contributed by atoms with van der Waals surface area (Å²) in [4.78, 5) is 24.7. The van der Waals surface area contributed by atoms with E-state index >= 15 is 0 Å². The highest BCUT2D eigenvalue weighted by Gasteiger charge is 2.33. The van der Waals surface area contributed by atoms with Crippen LogP contribution in [0.5, 0.6) is 0 Å². The van der Waals surface area contributed by atoms with E-state index in [0.717, 1.165) is 29.7 Å². The summed E-state index contributed by atoms with van der Waals surface area (Å²) in [5, 5.41) is 0. The number of hydrogen-bond donors (Lipinski definition) is 0. The third-order valence-corrected chi connectivity index (χ3v) is 3.36. The lowest BCUT2D eigenvalue weighted by Gasteiger charge is -2.33. The van der Waals surface area contributed by atoms with E-state index in [-0.39, 0.29) is 18.4 Å². The van der Waals surface area contributed by atoms with Gasteiger partial charge in [0.05, 0.1) is 5.70 Å². The van der Waals surface area contributed by atoms with Gasteiger partial charge in [0.1, 0.15) is 6.54 Å². The van der Waals surface area contributed by atoms with E-state index in [1.54, 1.807) is 0 Å². The van der Waals surface area contributed by atoms with Crippen LogP contribution >= 0.6 is 0 Å². The molecular weight excluding hydrogens is 230 g/mol. The molecule has 18 heavy (non-hydrogen) atoms. The highest BCUT2D eigenvalue weighted by molar-refractivity contribution is 5.90. The lowest BCUT2D eigenvalue weighted by Crippen LogP contribution is -2.39. The van der Waals surface area contributed by atoms with Gasteiger partial charge in [0.2, 0.25) is 5.91 Å². The Kier molecular flexibility index (Phi) is 2.44. The Morgan fingerprint density at radius 1 is 1.28 bits per heavy atom. The van der Waals surface area contributed by atoms with Crippen LogP contribution in [0.4, 0.5) is 0 Å². The molecule has 1 aromatic carbocycles. The summed E-state index contributed by atoms with van der Waals surface area (Å²) in [6.07, 6.45) is 1.61. The second-order valence-electron chi connectivity index (χ2n) is 4.51. The Bertz CT molecular complexity index is 574. The van der Waals surface area contributed by atoms with Crippen LogP contribution in [0.25, 0.3) is 5.76 Å². The number of hydrogen-bond acceptors (Lipinski definition) is 3. The van der Waals surface area contributed by atoms with Crippen molar-refractivity contribution in [2.75, 3.05) is 6.54 Å². The van der Waals surface area contributed by atoms with Gasteiger partial charge in [-0.2, -0.15) is 0 Å². The normalized spacial score (nSPS) is 18.1. The van der Waals surface area contributed by atoms with Gasteiger partial charge in [-0.15, -0.1) is 0 Å². The summed E-state index contributed by atoms with van der Waals surface area (Å²) in [5.74, 6) is 0.0717. The molecule has 2 aliphatic rings. The molecule has 4 heteroatoms. The molecule has 0 aromatic heterocycles. The molecule has 92 valence electrons. The Hall–Kier alpha value is -2.10. The number of carbonyl (C=O) groups excluding carboxylic acids is 2. The van der Waals surface area contributed by atoms with Gasteiger partial charge in [-0.1, -0.05) is 24.3 Å². The molecule has 1 aromatic rings. The zero-order chi connectivity index (χ0) is 12.7. The SMILES string of the molecule is CC(=O)N1CC(=O)OC2=C1CCc1ccccc12. The fourth-order valence-corrected chi connectivity index (χ4v) is 2.53. The number of benzene rings is 1. The van der Waals surface area contributed by atoms with Crippen LogP contribution in [-0.2, 0) is 20.7 Å². The van der Waals surface area contributed by atoms with Crippen molar-refractivity contribution in [2.24, 2.45) is 0 Å². The third kappa shape index (κ3) is 1.61. The van der Waals surface area contributed by atoms with Gasteiger partial charge >= 0.3 is 5.97 Å². The number of aryl methyl sites for hydroxylation is 1. The monoisotopic (exact) mass is 243 g/mol. The second kappa shape index (κ2) is 3.98. The van der Waals surface area contributed by atoms with Crippen LogP contribution in [0.3, 0.4) is 0 Å². The van der Waals surface area contributed by atoms with E-state index in [9.17, 15) is 9.59 Å². The quantitative estimate of drug-likeness (QED) is 0.652. The molecule has 4 nitrogen and oxygen atoms in total. The van der Waals surface area contributed by atoms with E-state index in [2.05, 4.69) is 0 Å². The molecule has 1 aliphatic heterocycles. The van der Waals surface area contributed by atoms with E-state index in [0.29, 0.717) is 5.76 Å². The first-order chi connectivity index (χ1) is 8.66. The van der Waals surface area contributed by atoms with Gasteiger partial charge in [-0.05, 0) is 18.4 Å². The van der Waals surface area contributed by atoms with Crippen molar-refractivity contribution in [3.05, 3.63) is 41.1 Å². The average molecular weight is 243 g/mol. The molecule has 0 spiro atoms. The molecule has 0 saturated carbocycles. The number of fused-ring (bicyclic) bond motifs is 2. The Labute approximate surface area is 105 Å². The lowest BCUT2D eigenvalue weighted by molar-refractivity contribution is -0.144. The van der Waals surface area contributed by atoms with Crippen molar-refractivity contribution >= 4 is 17.6 Å². The minimum atomic E-state index is -0.374. The largest absolute Gasteiger partial charge is 0.423 e. The number of nitrogens with zero attached hydrogens (tertiary/aromatic N) is 1. The zero-order valence-corrected chi connectivity index (χ0v) is 10.1. The van der Waals surface area contributed by atoms with E-state index in [1.165, 1.54) is 11.8 Å². The van der Waals surface area contributed by atoms with Crippen molar-refractivity contribution in [3.63, 3.8) is 0 Å². The maximum atomic E-state index is 11.6. The second-order valence-corrected chi connectivity index (χ2v) is 4.51. The zero-order valence-electron chi connectivity index (χ0n) is 10.1. The van der Waals surface area contributed by atoms with Gasteiger partial charge < -0.3 is 9.64 Å². The molecule has 0 radical (unpaired) electrons. The first kappa shape index (κ1) is 11.0. The van der Waals surface area contributed by atoms with Crippen molar-refractivity contribution < 1.29 is 14.3 Å². The summed E-state index contributed by atoms with van der Waals surface area (Å²) in [6.45, 7) is 1.50. The van der Waals surface area contributed by atoms with Gasteiger partial charge in [0.25, 0.3) is 0 Å². The molecule has 3 rings (SSSR count). The smallest absolute Gasteiger partial charge is 0.331 e. The molecule has 0 N–H and O–H groups in total. The highest BCUT2D eigenvalue weighted by Crippen LogP contribution is 2.36. The van der Waals surface area contributed by atoms with E-state index in [4.69, 9.17) is 4.74 Å². The van der Waals surface area contributed by atoms with Crippen LogP contribution < -0.4 is 0 Å². The maximum absolute atomic E-state index is 11.6. The minimum Gasteiger partial charge on any atom is -0.423 e. The van der Waals surface area contributed by atoms with E-state index < -0.39 is 0 Å². The third-order valence-electron chi connectivity index (χ3n) is 3.36. The van der Waals surface area contributed by atoms with Gasteiger partial charge in [-0.25, -0.2) is 4.79 Å². The highest BCUT2D eigenvalue weighted by atomic mass is 16.5. The lowest BCUT2D eigenvalue weighted by atomic mass is 9.92. The number of ether oxygens (including phenoxy) is 1. The molecular formula is C14H13NO3. The van der Waals surface area contributed by atoms with Gasteiger partial charge in [-0.3, -0.25) is 4.79 Å². The fraction of sp³-hybridized carbons (Fsp3) is 0.286. The Morgan fingerprint density at radius 2 is 2.06 bits per heavy atom. The number of rotatable bonds is 0. The predicted molar refractivity (Wildman–Crippen MR) is 65.2 cm³/mol. The number of amides is 1. The minimum absolute atomic E-state index is 0.0241. The topological polar surface area (TPSA) is 46.6 Å². The Morgan fingerprint density at radius 3 is 2.83 bits per heavy atom. The van der Waals surface area contributed by atoms with Crippen molar-refractivity contribution in [2.45, 2.75) is 19.8 Å².